The lowest BCUT2D eigenvalue weighted by atomic mass is 10.1. The number of aromatic nitrogens is 2. The van der Waals surface area contributed by atoms with Crippen LogP contribution in [0.25, 0.3) is 16.6 Å². The maximum absolute atomic E-state index is 12.5. The molecule has 0 unspecified atom stereocenters. The second-order valence-electron chi connectivity index (χ2n) is 5.47. The summed E-state index contributed by atoms with van der Waals surface area (Å²) in [7, 11) is 0. The van der Waals surface area contributed by atoms with Crippen molar-refractivity contribution < 1.29 is 4.79 Å². The molecule has 24 heavy (non-hydrogen) atoms. The monoisotopic (exact) mass is 313 g/mol. The number of fused-ring (bicyclic) bond motifs is 1. The van der Waals surface area contributed by atoms with Crippen molar-refractivity contribution in [3.05, 3.63) is 90.9 Å². The maximum atomic E-state index is 12.5. The fraction of sp³-hybridized carbons (Fsp3) is 0. The predicted molar refractivity (Wildman–Crippen MR) is 95.5 cm³/mol. The number of amides is 1. The summed E-state index contributed by atoms with van der Waals surface area (Å²) < 4.78 is 2.00. The molecule has 4 aromatic rings. The second-order valence-corrected chi connectivity index (χ2v) is 5.47. The highest BCUT2D eigenvalue weighted by atomic mass is 16.1. The van der Waals surface area contributed by atoms with E-state index in [2.05, 4.69) is 10.3 Å². The van der Waals surface area contributed by atoms with Crippen molar-refractivity contribution in [2.45, 2.75) is 0 Å². The molecular weight excluding hydrogens is 298 g/mol. The standard InChI is InChI=1S/C20H15N3O/c24-20(15-8-10-16(11-9-15)23-13-1-2-14-23)22-19-7-3-6-18-17(19)5-4-12-21-18/h1-14H,(H,22,24). The first-order chi connectivity index (χ1) is 11.8. The van der Waals surface area contributed by atoms with E-state index >= 15 is 0 Å². The number of hydrogen-bond acceptors (Lipinski definition) is 2. The molecule has 4 rings (SSSR count). The molecule has 4 nitrogen and oxygen atoms in total. The summed E-state index contributed by atoms with van der Waals surface area (Å²) in [6.45, 7) is 0. The molecule has 0 aliphatic rings. The number of pyridine rings is 1. The Morgan fingerprint density at radius 2 is 1.67 bits per heavy atom. The number of nitrogens with zero attached hydrogens (tertiary/aromatic N) is 2. The summed E-state index contributed by atoms with van der Waals surface area (Å²) in [6, 6.07) is 21.0. The van der Waals surface area contributed by atoms with Crippen molar-refractivity contribution in [2.75, 3.05) is 5.32 Å². The Kier molecular flexibility index (Phi) is 3.56. The quantitative estimate of drug-likeness (QED) is 0.614. The number of benzene rings is 2. The largest absolute Gasteiger partial charge is 0.324 e. The van der Waals surface area contributed by atoms with Gasteiger partial charge in [-0.3, -0.25) is 9.78 Å². The van der Waals surface area contributed by atoms with Crippen molar-refractivity contribution in [3.63, 3.8) is 0 Å². The van der Waals surface area contributed by atoms with Gasteiger partial charge >= 0.3 is 0 Å². The average molecular weight is 313 g/mol. The van der Waals surface area contributed by atoms with E-state index in [1.165, 1.54) is 0 Å². The average Bonchev–Trinajstić information content (AvgIpc) is 3.17. The highest BCUT2D eigenvalue weighted by molar-refractivity contribution is 6.08. The summed E-state index contributed by atoms with van der Waals surface area (Å²) in [6.07, 6.45) is 5.68. The molecule has 1 amide bonds. The third-order valence-corrected chi connectivity index (χ3v) is 3.93. The third kappa shape index (κ3) is 2.65. The minimum atomic E-state index is -0.134. The first kappa shape index (κ1) is 14.2. The molecule has 0 atom stereocenters. The summed E-state index contributed by atoms with van der Waals surface area (Å²) in [4.78, 5) is 16.8. The lowest BCUT2D eigenvalue weighted by molar-refractivity contribution is 0.102. The molecule has 1 N–H and O–H groups in total. The Morgan fingerprint density at radius 1 is 0.875 bits per heavy atom. The molecule has 116 valence electrons. The van der Waals surface area contributed by atoms with Crippen LogP contribution >= 0.6 is 0 Å². The summed E-state index contributed by atoms with van der Waals surface area (Å²) in [5.74, 6) is -0.134. The molecule has 0 fully saturated rings. The van der Waals surface area contributed by atoms with E-state index in [0.717, 1.165) is 22.3 Å². The Hall–Kier alpha value is -3.40. The van der Waals surface area contributed by atoms with Crippen LogP contribution < -0.4 is 5.32 Å². The Morgan fingerprint density at radius 3 is 2.46 bits per heavy atom. The Labute approximate surface area is 139 Å². The lowest BCUT2D eigenvalue weighted by Crippen LogP contribution is -2.12. The number of rotatable bonds is 3. The summed E-state index contributed by atoms with van der Waals surface area (Å²) in [5, 5.41) is 3.90. The zero-order valence-corrected chi connectivity index (χ0v) is 12.9. The van der Waals surface area contributed by atoms with Gasteiger partial charge in [-0.15, -0.1) is 0 Å². The van der Waals surface area contributed by atoms with Gasteiger partial charge in [-0.2, -0.15) is 0 Å². The second kappa shape index (κ2) is 6.01. The zero-order valence-electron chi connectivity index (χ0n) is 12.9. The van der Waals surface area contributed by atoms with Gasteiger partial charge in [0, 0.05) is 35.2 Å². The number of nitrogens with one attached hydrogen (secondary N) is 1. The van der Waals surface area contributed by atoms with Gasteiger partial charge in [0.15, 0.2) is 0 Å². The molecule has 0 bridgehead atoms. The smallest absolute Gasteiger partial charge is 0.255 e. The van der Waals surface area contributed by atoms with E-state index in [1.54, 1.807) is 6.20 Å². The fourth-order valence-corrected chi connectivity index (χ4v) is 2.70. The van der Waals surface area contributed by atoms with Crippen molar-refractivity contribution in [1.29, 1.82) is 0 Å². The van der Waals surface area contributed by atoms with Crippen LogP contribution in [0, 0.1) is 0 Å². The molecule has 2 aromatic heterocycles. The van der Waals surface area contributed by atoms with Crippen molar-refractivity contribution >= 4 is 22.5 Å². The van der Waals surface area contributed by atoms with Gasteiger partial charge in [0.2, 0.25) is 0 Å². The SMILES string of the molecule is O=C(Nc1cccc2ncccc12)c1ccc(-n2cccc2)cc1. The molecule has 0 aliphatic heterocycles. The predicted octanol–water partition coefficient (Wildman–Crippen LogP) is 4.28. The molecule has 4 heteroatoms. The highest BCUT2D eigenvalue weighted by Crippen LogP contribution is 2.22. The van der Waals surface area contributed by atoms with Crippen LogP contribution in [-0.4, -0.2) is 15.5 Å². The normalized spacial score (nSPS) is 10.7. The van der Waals surface area contributed by atoms with Crippen molar-refractivity contribution in [2.24, 2.45) is 0 Å². The van der Waals surface area contributed by atoms with E-state index in [-0.39, 0.29) is 5.91 Å². The minimum absolute atomic E-state index is 0.134. The van der Waals surface area contributed by atoms with Crippen molar-refractivity contribution in [3.8, 4) is 5.69 Å². The number of carbonyl (C=O) groups excluding carboxylic acids is 1. The maximum Gasteiger partial charge on any atom is 0.255 e. The number of carbonyl (C=O) groups is 1. The van der Waals surface area contributed by atoms with Gasteiger partial charge in [0.1, 0.15) is 0 Å². The Balaban J connectivity index is 1.60. The summed E-state index contributed by atoms with van der Waals surface area (Å²) >= 11 is 0. The van der Waals surface area contributed by atoms with Crippen LogP contribution in [-0.2, 0) is 0 Å². The van der Waals surface area contributed by atoms with Crippen LogP contribution in [0.15, 0.2) is 85.3 Å². The van der Waals surface area contributed by atoms with Gasteiger partial charge in [0.25, 0.3) is 5.91 Å². The lowest BCUT2D eigenvalue weighted by Gasteiger charge is -2.09. The summed E-state index contributed by atoms with van der Waals surface area (Å²) in [5.41, 5.74) is 3.26. The molecular formula is C20H15N3O. The topological polar surface area (TPSA) is 46.9 Å². The molecule has 0 saturated heterocycles. The third-order valence-electron chi connectivity index (χ3n) is 3.93. The van der Waals surface area contributed by atoms with E-state index in [1.807, 2.05) is 83.7 Å². The van der Waals surface area contributed by atoms with Gasteiger partial charge in [-0.05, 0) is 60.7 Å². The number of anilines is 1. The van der Waals surface area contributed by atoms with Crippen LogP contribution in [0.4, 0.5) is 5.69 Å². The van der Waals surface area contributed by atoms with Gasteiger partial charge < -0.3 is 9.88 Å². The van der Waals surface area contributed by atoms with Gasteiger partial charge in [-0.1, -0.05) is 6.07 Å². The Bertz CT molecular complexity index is 984. The van der Waals surface area contributed by atoms with Crippen LogP contribution in [0.3, 0.4) is 0 Å². The first-order valence-corrected chi connectivity index (χ1v) is 7.70. The molecule has 2 heterocycles. The molecule has 0 aliphatic carbocycles. The van der Waals surface area contributed by atoms with Crippen molar-refractivity contribution in [1.82, 2.24) is 9.55 Å². The van der Waals surface area contributed by atoms with E-state index < -0.39 is 0 Å². The van der Waals surface area contributed by atoms with Crippen LogP contribution in [0.5, 0.6) is 0 Å². The van der Waals surface area contributed by atoms with E-state index in [4.69, 9.17) is 0 Å². The van der Waals surface area contributed by atoms with E-state index in [0.29, 0.717) is 5.56 Å². The molecule has 0 radical (unpaired) electrons. The molecule has 0 saturated carbocycles. The minimum Gasteiger partial charge on any atom is -0.324 e. The number of hydrogen-bond donors (Lipinski definition) is 1. The fourth-order valence-electron chi connectivity index (χ4n) is 2.70. The van der Waals surface area contributed by atoms with Gasteiger partial charge in [-0.25, -0.2) is 0 Å². The van der Waals surface area contributed by atoms with E-state index in [9.17, 15) is 4.79 Å². The zero-order chi connectivity index (χ0) is 16.4. The molecule has 2 aromatic carbocycles. The highest BCUT2D eigenvalue weighted by Gasteiger charge is 2.08. The van der Waals surface area contributed by atoms with Crippen LogP contribution in [0.2, 0.25) is 0 Å². The van der Waals surface area contributed by atoms with Crippen LogP contribution in [0.1, 0.15) is 10.4 Å². The van der Waals surface area contributed by atoms with Gasteiger partial charge in [0.05, 0.1) is 11.2 Å². The first-order valence-electron chi connectivity index (χ1n) is 7.70. The molecule has 0 spiro atoms.